The van der Waals surface area contributed by atoms with E-state index in [0.717, 1.165) is 116 Å². The molecule has 0 spiro atoms. The van der Waals surface area contributed by atoms with Crippen LogP contribution in [-0.4, -0.2) is 78.6 Å². The Balaban J connectivity index is 0.697. The number of aliphatic hydroxyl groups is 5. The van der Waals surface area contributed by atoms with E-state index in [9.17, 15) is 30.6 Å². The van der Waals surface area contributed by atoms with Gasteiger partial charge in [-0.2, -0.15) is 0 Å². The van der Waals surface area contributed by atoms with Crippen LogP contribution >= 0.6 is 0 Å². The van der Waals surface area contributed by atoms with Gasteiger partial charge in [-0.25, -0.2) is 0 Å². The van der Waals surface area contributed by atoms with E-state index in [1.807, 2.05) is 24.4 Å². The number of phenols is 1. The van der Waals surface area contributed by atoms with E-state index in [-0.39, 0.29) is 55.4 Å². The molecule has 72 heavy (non-hydrogen) atoms. The van der Waals surface area contributed by atoms with Crippen LogP contribution in [0.25, 0.3) is 27.8 Å². The van der Waals surface area contributed by atoms with Crippen molar-refractivity contribution in [2.24, 2.45) is 35.3 Å². The predicted molar refractivity (Wildman–Crippen MR) is 283 cm³/mol. The number of aromatic hydroxyl groups is 1. The third-order valence-corrected chi connectivity index (χ3v) is 17.4. The molecule has 11 N–H and O–H groups in total. The zero-order valence-electron chi connectivity index (χ0n) is 42.1. The third kappa shape index (κ3) is 11.0. The average Bonchev–Trinajstić information content (AvgIpc) is 4.21. The lowest BCUT2D eigenvalue weighted by Gasteiger charge is -2.41. The number of unbranched alkanes of at least 4 members (excludes halogenated alkanes) is 1. The number of aromatic amines is 2. The summed E-state index contributed by atoms with van der Waals surface area (Å²) in [6.07, 6.45) is 19.7. The lowest BCUT2D eigenvalue weighted by molar-refractivity contribution is 0.0653. The first-order chi connectivity index (χ1) is 35.0. The maximum atomic E-state index is 11.7. The highest BCUT2D eigenvalue weighted by atomic mass is 16.5. The maximum Gasteiger partial charge on any atom is 0.161 e. The number of aromatic nitrogens is 2. The number of phenolic OH excluding ortho intramolecular Hbond substituents is 1. The minimum Gasteiger partial charge on any atom is -0.504 e. The number of nitrogens with one attached hydrogen (secondary N) is 3. The second-order valence-corrected chi connectivity index (χ2v) is 22.1. The number of rotatable bonds is 21. The summed E-state index contributed by atoms with van der Waals surface area (Å²) in [7, 11) is 0. The first-order valence-electron chi connectivity index (χ1n) is 27.3. The maximum absolute atomic E-state index is 11.7. The van der Waals surface area contributed by atoms with Gasteiger partial charge in [0, 0.05) is 84.0 Å². The number of hydrogen-bond donors (Lipinski definition) is 10. The van der Waals surface area contributed by atoms with Gasteiger partial charge in [0.1, 0.15) is 24.2 Å². The van der Waals surface area contributed by atoms with E-state index in [2.05, 4.69) is 63.8 Å². The van der Waals surface area contributed by atoms with Crippen molar-refractivity contribution in [3.63, 3.8) is 0 Å². The molecule has 0 bridgehead atoms. The van der Waals surface area contributed by atoms with E-state index in [1.165, 1.54) is 34.6 Å². The predicted octanol–water partition coefficient (Wildman–Crippen LogP) is 9.73. The van der Waals surface area contributed by atoms with Crippen molar-refractivity contribution in [3.05, 3.63) is 124 Å². The smallest absolute Gasteiger partial charge is 0.161 e. The Kier molecular flexibility index (Phi) is 15.9. The number of fused-ring (bicyclic) bond motifs is 6. The largest absolute Gasteiger partial charge is 0.504 e. The molecule has 386 valence electrons. The van der Waals surface area contributed by atoms with Crippen LogP contribution in [0.2, 0.25) is 0 Å². The molecule has 10 rings (SSSR count). The Labute approximate surface area is 424 Å². The molecule has 2 fully saturated rings. The van der Waals surface area contributed by atoms with Crippen molar-refractivity contribution < 1.29 is 39.8 Å². The molecule has 11 unspecified atom stereocenters. The summed E-state index contributed by atoms with van der Waals surface area (Å²) in [5.41, 5.74) is 15.0. The van der Waals surface area contributed by atoms with Crippen LogP contribution in [0.1, 0.15) is 153 Å². The molecule has 4 aliphatic rings. The van der Waals surface area contributed by atoms with Crippen LogP contribution in [0, 0.1) is 29.6 Å². The van der Waals surface area contributed by atoms with E-state index >= 15 is 0 Å². The number of benzene rings is 3. The van der Waals surface area contributed by atoms with Gasteiger partial charge in [-0.15, -0.1) is 0 Å². The number of nitrogens with two attached hydrogens (primary N) is 1. The highest BCUT2D eigenvalue weighted by Crippen LogP contribution is 2.50. The molecule has 6 aromatic rings. The van der Waals surface area contributed by atoms with Gasteiger partial charge in [0.2, 0.25) is 0 Å². The van der Waals surface area contributed by atoms with Crippen LogP contribution in [0.3, 0.4) is 0 Å². The highest BCUT2D eigenvalue weighted by Gasteiger charge is 2.42. The molecule has 11 atom stereocenters. The summed E-state index contributed by atoms with van der Waals surface area (Å²) < 4.78 is 12.5. The van der Waals surface area contributed by atoms with Crippen LogP contribution in [-0.2, 0) is 32.3 Å². The summed E-state index contributed by atoms with van der Waals surface area (Å²) in [5, 5.41) is 71.4. The second-order valence-electron chi connectivity index (χ2n) is 22.1. The SMILES string of the molecule is CC(O)CNC(CCCO)C1c2cc(C(O)COc3cc(CCc4cc(CO)c(CCCCC5CCC(C6C=Cc7c(ccc8cc9[nH]ccc9cc78)C6O)C(N)C5)o4)ccc3O)[nH]c2CCC2CCCC21. The molecule has 3 heterocycles. The van der Waals surface area contributed by atoms with Crippen LogP contribution in [0.5, 0.6) is 11.5 Å². The number of hydrogen-bond acceptors (Lipinski definition) is 10. The molecule has 12 heteroatoms. The molecule has 0 aliphatic heterocycles. The van der Waals surface area contributed by atoms with Gasteiger partial charge in [-0.3, -0.25) is 0 Å². The molecule has 4 aliphatic carbocycles. The monoisotopic (exact) mass is 983 g/mol. The third-order valence-electron chi connectivity index (χ3n) is 17.4. The zero-order valence-corrected chi connectivity index (χ0v) is 42.1. The molecule has 12 nitrogen and oxygen atoms in total. The Morgan fingerprint density at radius 3 is 2.61 bits per heavy atom. The standard InChI is InChI=1S/C60H78N4O8/c1-35(67)32-63-52(9-5-25-65)59-43-8-4-7-38(43)15-21-51-49(59)31-54(64-51)56(69)34-71-58-27-37(13-22-55(58)68)11-16-42-28-41(33-66)57(72-42)10-3-2-6-36-12-17-45(50(61)26-36)47-20-19-44-46(60(47)70)18-14-39-30-53-40(23-24-62-53)29-48(39)44/h13-14,18-20,22-24,27-31,35-36,38,43,45,47,50,52,56,59-60,62-70H,2-12,15-17,21,25-26,32-34,61H2,1H3. The molecule has 0 radical (unpaired) electrons. The highest BCUT2D eigenvalue weighted by molar-refractivity contribution is 6.01. The van der Waals surface area contributed by atoms with E-state index < -0.39 is 18.3 Å². The molecule has 2 saturated carbocycles. The number of furan rings is 1. The minimum atomic E-state index is -0.940. The van der Waals surface area contributed by atoms with Crippen molar-refractivity contribution in [1.29, 1.82) is 0 Å². The molecule has 3 aromatic heterocycles. The van der Waals surface area contributed by atoms with Gasteiger partial charge in [-0.1, -0.05) is 62.5 Å². The lowest BCUT2D eigenvalue weighted by atomic mass is 9.67. The van der Waals surface area contributed by atoms with E-state index in [0.29, 0.717) is 55.0 Å². The number of ether oxygens (including phenoxy) is 1. The minimum absolute atomic E-state index is 0.00440. The first-order valence-corrected chi connectivity index (χ1v) is 27.3. The van der Waals surface area contributed by atoms with Crippen molar-refractivity contribution in [1.82, 2.24) is 15.3 Å². The molecule has 0 amide bonds. The number of H-pyrrole nitrogens is 2. The molecule has 3 aromatic carbocycles. The first kappa shape index (κ1) is 50.6. The summed E-state index contributed by atoms with van der Waals surface area (Å²) in [4.78, 5) is 6.88. The van der Waals surface area contributed by atoms with E-state index in [1.54, 1.807) is 13.0 Å². The Morgan fingerprint density at radius 1 is 0.889 bits per heavy atom. The summed E-state index contributed by atoms with van der Waals surface area (Å²) in [6.45, 7) is 2.29. The second kappa shape index (κ2) is 22.7. The van der Waals surface area contributed by atoms with Gasteiger partial charge in [0.15, 0.2) is 11.5 Å². The van der Waals surface area contributed by atoms with Crippen molar-refractivity contribution in [3.8, 4) is 11.5 Å². The van der Waals surface area contributed by atoms with Gasteiger partial charge in [0.25, 0.3) is 0 Å². The molecular weight excluding hydrogens is 905 g/mol. The van der Waals surface area contributed by atoms with Crippen LogP contribution < -0.4 is 15.8 Å². The zero-order chi connectivity index (χ0) is 49.9. The van der Waals surface area contributed by atoms with Crippen LogP contribution in [0.4, 0.5) is 0 Å². The van der Waals surface area contributed by atoms with Gasteiger partial charge >= 0.3 is 0 Å². The summed E-state index contributed by atoms with van der Waals surface area (Å²) in [6, 6.07) is 20.3. The normalized spacial score (nSPS) is 25.3. The molecule has 0 saturated heterocycles. The quantitative estimate of drug-likeness (QED) is 0.0308. The fraction of sp³-hybridized carbons (Fsp3) is 0.533. The topological polar surface area (TPSA) is 213 Å². The van der Waals surface area contributed by atoms with Crippen molar-refractivity contribution in [2.45, 2.75) is 153 Å². The van der Waals surface area contributed by atoms with Crippen molar-refractivity contribution in [2.75, 3.05) is 19.8 Å². The Bertz CT molecular complexity index is 2790. The van der Waals surface area contributed by atoms with Crippen molar-refractivity contribution >= 4 is 27.8 Å². The molecular formula is C60H78N4O8. The fourth-order valence-corrected chi connectivity index (χ4v) is 13.6. The van der Waals surface area contributed by atoms with Gasteiger partial charge in [0.05, 0.1) is 18.8 Å². The average molecular weight is 983 g/mol. The fourth-order valence-electron chi connectivity index (χ4n) is 13.6. The Morgan fingerprint density at radius 2 is 1.78 bits per heavy atom. The van der Waals surface area contributed by atoms with Crippen LogP contribution in [0.15, 0.2) is 77.4 Å². The number of aliphatic hydroxyl groups excluding tert-OH is 5. The lowest BCUT2D eigenvalue weighted by Crippen LogP contribution is -2.42. The van der Waals surface area contributed by atoms with Gasteiger partial charge in [-0.05, 0) is 164 Å². The summed E-state index contributed by atoms with van der Waals surface area (Å²) >= 11 is 0. The number of aryl methyl sites for hydroxylation is 4. The van der Waals surface area contributed by atoms with Gasteiger partial charge < -0.3 is 60.8 Å². The van der Waals surface area contributed by atoms with E-state index in [4.69, 9.17) is 14.9 Å². The Hall–Kier alpha value is -4.92. The summed E-state index contributed by atoms with van der Waals surface area (Å²) in [5.74, 6) is 4.11.